The van der Waals surface area contributed by atoms with E-state index in [0.717, 1.165) is 30.5 Å². The van der Waals surface area contributed by atoms with Crippen molar-refractivity contribution in [2.24, 2.45) is 5.41 Å². The molecule has 0 unspecified atom stereocenters. The van der Waals surface area contributed by atoms with Crippen LogP contribution in [-0.2, 0) is 0 Å². The molecule has 2 nitrogen and oxygen atoms in total. The van der Waals surface area contributed by atoms with Crippen LogP contribution in [0.25, 0.3) is 6.08 Å². The van der Waals surface area contributed by atoms with Crippen molar-refractivity contribution < 1.29 is 4.74 Å². The summed E-state index contributed by atoms with van der Waals surface area (Å²) in [7, 11) is 0. The molecule has 2 heteroatoms. The van der Waals surface area contributed by atoms with Crippen LogP contribution >= 0.6 is 0 Å². The molecular formula is C17H25NO. The molecule has 0 aliphatic heterocycles. The van der Waals surface area contributed by atoms with Crippen molar-refractivity contribution >= 4 is 6.08 Å². The highest BCUT2D eigenvalue weighted by atomic mass is 16.5. The third-order valence-corrected chi connectivity index (χ3v) is 3.33. The van der Waals surface area contributed by atoms with Gasteiger partial charge in [0.05, 0.1) is 6.61 Å². The minimum absolute atomic E-state index is 0.158. The molecule has 1 N–H and O–H groups in total. The molecule has 1 aliphatic carbocycles. The first-order chi connectivity index (χ1) is 9.11. The number of benzene rings is 1. The summed E-state index contributed by atoms with van der Waals surface area (Å²) >= 11 is 0. The van der Waals surface area contributed by atoms with Gasteiger partial charge >= 0.3 is 0 Å². The molecule has 1 aromatic carbocycles. The molecule has 0 amide bonds. The van der Waals surface area contributed by atoms with Crippen molar-refractivity contribution in [2.45, 2.75) is 39.7 Å². The smallest absolute Gasteiger partial charge is 0.126 e. The van der Waals surface area contributed by atoms with Crippen LogP contribution in [0.5, 0.6) is 5.75 Å². The van der Waals surface area contributed by atoms with Crippen LogP contribution in [0.4, 0.5) is 0 Å². The molecule has 1 saturated carbocycles. The first-order valence-corrected chi connectivity index (χ1v) is 7.19. The van der Waals surface area contributed by atoms with E-state index in [9.17, 15) is 0 Å². The van der Waals surface area contributed by atoms with Gasteiger partial charge in [0.2, 0.25) is 0 Å². The van der Waals surface area contributed by atoms with Crippen LogP contribution in [0.2, 0.25) is 0 Å². The van der Waals surface area contributed by atoms with Crippen LogP contribution in [0.3, 0.4) is 0 Å². The van der Waals surface area contributed by atoms with Gasteiger partial charge in [0.25, 0.3) is 0 Å². The quantitative estimate of drug-likeness (QED) is 0.802. The van der Waals surface area contributed by atoms with E-state index < -0.39 is 0 Å². The second kappa shape index (κ2) is 6.25. The summed E-state index contributed by atoms with van der Waals surface area (Å²) in [5.41, 5.74) is 1.31. The highest BCUT2D eigenvalue weighted by Gasteiger charge is 2.25. The molecule has 0 atom stereocenters. The molecule has 0 spiro atoms. The summed E-state index contributed by atoms with van der Waals surface area (Å²) in [6.45, 7) is 8.28. The van der Waals surface area contributed by atoms with Gasteiger partial charge in [-0.1, -0.05) is 44.2 Å². The molecule has 1 fully saturated rings. The normalized spacial score (nSPS) is 15.9. The van der Waals surface area contributed by atoms with Crippen LogP contribution in [0.1, 0.15) is 39.2 Å². The van der Waals surface area contributed by atoms with E-state index in [1.807, 2.05) is 31.2 Å². The van der Waals surface area contributed by atoms with Crippen molar-refractivity contribution in [1.29, 1.82) is 0 Å². The Balaban J connectivity index is 1.89. The molecule has 2 rings (SSSR count). The van der Waals surface area contributed by atoms with Crippen molar-refractivity contribution in [1.82, 2.24) is 5.32 Å². The van der Waals surface area contributed by atoms with Crippen LogP contribution in [-0.4, -0.2) is 19.2 Å². The molecule has 0 aromatic heterocycles. The topological polar surface area (TPSA) is 21.3 Å². The standard InChI is InChI=1S/C17H25NO/c1-4-7-14-8-5-6-9-16(14)19-13-17(2,3)12-18-15-10-11-15/h4-9,15,18H,10-13H2,1-3H3. The summed E-state index contributed by atoms with van der Waals surface area (Å²) in [5, 5.41) is 3.58. The maximum atomic E-state index is 6.02. The van der Waals surface area contributed by atoms with Gasteiger partial charge in [0.15, 0.2) is 0 Å². The van der Waals surface area contributed by atoms with Crippen molar-refractivity contribution in [3.05, 3.63) is 35.9 Å². The van der Waals surface area contributed by atoms with E-state index in [0.29, 0.717) is 0 Å². The van der Waals surface area contributed by atoms with Crippen LogP contribution in [0, 0.1) is 5.41 Å². The Kier molecular flexibility index (Phi) is 4.65. The summed E-state index contributed by atoms with van der Waals surface area (Å²) in [6, 6.07) is 8.96. The second-order valence-corrected chi connectivity index (χ2v) is 6.15. The number of allylic oxidation sites excluding steroid dienone is 1. The van der Waals surface area contributed by atoms with E-state index in [1.165, 1.54) is 12.8 Å². The number of hydrogen-bond acceptors (Lipinski definition) is 2. The van der Waals surface area contributed by atoms with Crippen LogP contribution in [0.15, 0.2) is 30.3 Å². The Morgan fingerprint density at radius 3 is 2.74 bits per heavy atom. The van der Waals surface area contributed by atoms with Crippen LogP contribution < -0.4 is 10.1 Å². The number of para-hydroxylation sites is 1. The Morgan fingerprint density at radius 1 is 1.32 bits per heavy atom. The third kappa shape index (κ3) is 4.71. The van der Waals surface area contributed by atoms with Gasteiger partial charge in [0.1, 0.15) is 5.75 Å². The fourth-order valence-electron chi connectivity index (χ4n) is 1.96. The predicted molar refractivity (Wildman–Crippen MR) is 81.5 cm³/mol. The fraction of sp³-hybridized carbons (Fsp3) is 0.529. The lowest BCUT2D eigenvalue weighted by molar-refractivity contribution is 0.175. The van der Waals surface area contributed by atoms with Gasteiger partial charge in [-0.25, -0.2) is 0 Å². The highest BCUT2D eigenvalue weighted by molar-refractivity contribution is 5.56. The van der Waals surface area contributed by atoms with E-state index in [-0.39, 0.29) is 5.41 Å². The lowest BCUT2D eigenvalue weighted by Crippen LogP contribution is -2.35. The maximum Gasteiger partial charge on any atom is 0.126 e. The average Bonchev–Trinajstić information content (AvgIpc) is 3.20. The summed E-state index contributed by atoms with van der Waals surface area (Å²) in [4.78, 5) is 0. The summed E-state index contributed by atoms with van der Waals surface area (Å²) in [6.07, 6.45) is 6.80. The lowest BCUT2D eigenvalue weighted by Gasteiger charge is -2.25. The zero-order valence-electron chi connectivity index (χ0n) is 12.3. The molecule has 0 heterocycles. The van der Waals surface area contributed by atoms with Gasteiger partial charge in [0, 0.05) is 23.6 Å². The van der Waals surface area contributed by atoms with E-state index in [4.69, 9.17) is 4.74 Å². The number of nitrogens with one attached hydrogen (secondary N) is 1. The summed E-state index contributed by atoms with van der Waals surface area (Å²) < 4.78 is 6.02. The fourth-order valence-corrected chi connectivity index (χ4v) is 1.96. The zero-order valence-corrected chi connectivity index (χ0v) is 12.3. The number of ether oxygens (including phenoxy) is 1. The van der Waals surface area contributed by atoms with Crippen molar-refractivity contribution in [3.8, 4) is 5.75 Å². The predicted octanol–water partition coefficient (Wildman–Crippen LogP) is 3.88. The minimum atomic E-state index is 0.158. The summed E-state index contributed by atoms with van der Waals surface area (Å²) in [5.74, 6) is 0.972. The van der Waals surface area contributed by atoms with E-state index in [1.54, 1.807) is 0 Å². The van der Waals surface area contributed by atoms with Gasteiger partial charge < -0.3 is 10.1 Å². The number of hydrogen-bond donors (Lipinski definition) is 1. The molecule has 0 bridgehead atoms. The zero-order chi connectivity index (χ0) is 13.7. The van der Waals surface area contributed by atoms with Gasteiger partial charge in [-0.3, -0.25) is 0 Å². The molecule has 0 radical (unpaired) electrons. The largest absolute Gasteiger partial charge is 0.492 e. The number of rotatable bonds is 7. The lowest BCUT2D eigenvalue weighted by atomic mass is 9.95. The molecular weight excluding hydrogens is 234 g/mol. The SMILES string of the molecule is CC=Cc1ccccc1OCC(C)(C)CNC1CC1. The van der Waals surface area contributed by atoms with E-state index >= 15 is 0 Å². The first-order valence-electron chi connectivity index (χ1n) is 7.19. The van der Waals surface area contributed by atoms with Crippen molar-refractivity contribution in [3.63, 3.8) is 0 Å². The average molecular weight is 259 g/mol. The minimum Gasteiger partial charge on any atom is -0.492 e. The first kappa shape index (κ1) is 14.1. The molecule has 1 aromatic rings. The monoisotopic (exact) mass is 259 g/mol. The Labute approximate surface area is 116 Å². The molecule has 19 heavy (non-hydrogen) atoms. The second-order valence-electron chi connectivity index (χ2n) is 6.15. The van der Waals surface area contributed by atoms with Gasteiger partial charge in [-0.05, 0) is 25.8 Å². The van der Waals surface area contributed by atoms with E-state index in [2.05, 4.69) is 31.3 Å². The van der Waals surface area contributed by atoms with Crippen molar-refractivity contribution in [2.75, 3.05) is 13.2 Å². The Morgan fingerprint density at radius 2 is 2.05 bits per heavy atom. The third-order valence-electron chi connectivity index (χ3n) is 3.33. The Bertz CT molecular complexity index is 433. The highest BCUT2D eigenvalue weighted by Crippen LogP contribution is 2.25. The van der Waals surface area contributed by atoms with Gasteiger partial charge in [-0.15, -0.1) is 0 Å². The molecule has 1 aliphatic rings. The molecule has 104 valence electrons. The maximum absolute atomic E-state index is 6.02. The Hall–Kier alpha value is -1.28. The molecule has 0 saturated heterocycles. The van der Waals surface area contributed by atoms with Gasteiger partial charge in [-0.2, -0.15) is 0 Å².